The first-order valence-corrected chi connectivity index (χ1v) is 7.23. The molecule has 3 aromatic rings. The molecule has 2 aromatic carbocycles. The topological polar surface area (TPSA) is 17.1 Å². The minimum Gasteiger partial charge on any atom is -0.291 e. The van der Waals surface area contributed by atoms with Crippen molar-refractivity contribution < 1.29 is 4.79 Å². The van der Waals surface area contributed by atoms with Crippen LogP contribution in [0.1, 0.15) is 20.6 Å². The van der Waals surface area contributed by atoms with Crippen LogP contribution in [-0.4, -0.2) is 5.78 Å². The van der Waals surface area contributed by atoms with Gasteiger partial charge in [-0.1, -0.05) is 48.5 Å². The average Bonchev–Trinajstić information content (AvgIpc) is 2.90. The number of hydrogen-bond acceptors (Lipinski definition) is 2. The van der Waals surface area contributed by atoms with Crippen LogP contribution in [0.2, 0.25) is 0 Å². The number of ketones is 1. The predicted molar refractivity (Wildman–Crippen MR) is 81.2 cm³/mol. The summed E-state index contributed by atoms with van der Waals surface area (Å²) in [5.41, 5.74) is 0.839. The van der Waals surface area contributed by atoms with Gasteiger partial charge in [-0.25, -0.2) is 0 Å². The summed E-state index contributed by atoms with van der Waals surface area (Å²) in [5.74, 6) is -0.0333. The number of thiophene rings is 1. The van der Waals surface area contributed by atoms with Crippen LogP contribution in [0.3, 0.4) is 0 Å². The third-order valence-corrected chi connectivity index (χ3v) is 4.57. The lowest BCUT2D eigenvalue weighted by Gasteiger charge is -2.06. The SMILES string of the molecule is O=C(c1cc2ccccc2s1)C(Cl)c1ccccc1. The molecule has 0 saturated carbocycles. The zero-order valence-electron chi connectivity index (χ0n) is 10.0. The molecule has 1 unspecified atom stereocenters. The van der Waals surface area contributed by atoms with Crippen LogP contribution in [0, 0.1) is 0 Å². The number of carbonyl (C=O) groups is 1. The molecule has 3 heteroatoms. The Morgan fingerprint density at radius 1 is 1.00 bits per heavy atom. The van der Waals surface area contributed by atoms with Gasteiger partial charge in [-0.15, -0.1) is 22.9 Å². The second-order valence-corrected chi connectivity index (χ2v) is 5.81. The first kappa shape index (κ1) is 12.4. The molecular formula is C16H11ClOS. The number of rotatable bonds is 3. The highest BCUT2D eigenvalue weighted by Crippen LogP contribution is 2.31. The van der Waals surface area contributed by atoms with E-state index in [2.05, 4.69) is 0 Å². The second-order valence-electron chi connectivity index (χ2n) is 4.29. The summed E-state index contributed by atoms with van der Waals surface area (Å²) >= 11 is 7.77. The van der Waals surface area contributed by atoms with Crippen LogP contribution in [0.5, 0.6) is 0 Å². The van der Waals surface area contributed by atoms with E-state index in [4.69, 9.17) is 11.6 Å². The molecule has 0 amide bonds. The normalized spacial score (nSPS) is 12.5. The molecule has 94 valence electrons. The van der Waals surface area contributed by atoms with Crippen LogP contribution in [-0.2, 0) is 0 Å². The van der Waals surface area contributed by atoms with Crippen LogP contribution >= 0.6 is 22.9 Å². The van der Waals surface area contributed by atoms with E-state index < -0.39 is 5.38 Å². The molecule has 0 aliphatic carbocycles. The standard InChI is InChI=1S/C16H11ClOS/c17-15(11-6-2-1-3-7-11)16(18)14-10-12-8-4-5-9-13(12)19-14/h1-10,15H. The van der Waals surface area contributed by atoms with Crippen molar-refractivity contribution in [1.29, 1.82) is 0 Å². The molecule has 0 spiro atoms. The Morgan fingerprint density at radius 3 is 2.42 bits per heavy atom. The van der Waals surface area contributed by atoms with Gasteiger partial charge in [0.25, 0.3) is 0 Å². The van der Waals surface area contributed by atoms with Gasteiger partial charge in [0.1, 0.15) is 5.38 Å². The van der Waals surface area contributed by atoms with Crippen molar-refractivity contribution in [2.45, 2.75) is 5.38 Å². The largest absolute Gasteiger partial charge is 0.291 e. The Balaban J connectivity index is 1.95. The van der Waals surface area contributed by atoms with Crippen LogP contribution in [0.15, 0.2) is 60.7 Å². The van der Waals surface area contributed by atoms with Gasteiger partial charge in [0, 0.05) is 4.70 Å². The highest BCUT2D eigenvalue weighted by Gasteiger charge is 2.21. The minimum absolute atomic E-state index is 0.0333. The number of alkyl halides is 1. The number of carbonyl (C=O) groups excluding carboxylic acids is 1. The van der Waals surface area contributed by atoms with E-state index >= 15 is 0 Å². The molecule has 1 atom stereocenters. The molecule has 3 rings (SSSR count). The van der Waals surface area contributed by atoms with Crippen molar-refractivity contribution in [3.05, 3.63) is 71.1 Å². The van der Waals surface area contributed by atoms with E-state index in [1.807, 2.05) is 60.7 Å². The third-order valence-electron chi connectivity index (χ3n) is 2.99. The molecule has 19 heavy (non-hydrogen) atoms. The Morgan fingerprint density at radius 2 is 1.68 bits per heavy atom. The van der Waals surface area contributed by atoms with Gasteiger partial charge < -0.3 is 0 Å². The van der Waals surface area contributed by atoms with Crippen LogP contribution in [0.4, 0.5) is 0 Å². The smallest absolute Gasteiger partial charge is 0.195 e. The lowest BCUT2D eigenvalue weighted by molar-refractivity contribution is 0.0991. The molecule has 0 aliphatic rings. The van der Waals surface area contributed by atoms with Gasteiger partial charge >= 0.3 is 0 Å². The number of Topliss-reactive ketones (excluding diaryl/α,β-unsaturated/α-hetero) is 1. The molecule has 0 saturated heterocycles. The molecule has 1 nitrogen and oxygen atoms in total. The number of halogens is 1. The molecule has 0 fully saturated rings. The maximum absolute atomic E-state index is 12.4. The first-order chi connectivity index (χ1) is 9.25. The van der Waals surface area contributed by atoms with Crippen molar-refractivity contribution in [3.63, 3.8) is 0 Å². The highest BCUT2D eigenvalue weighted by molar-refractivity contribution is 7.21. The fourth-order valence-corrected chi connectivity index (χ4v) is 3.36. The van der Waals surface area contributed by atoms with Crippen molar-refractivity contribution >= 4 is 38.8 Å². The van der Waals surface area contributed by atoms with E-state index in [-0.39, 0.29) is 5.78 Å². The van der Waals surface area contributed by atoms with Crippen molar-refractivity contribution in [2.24, 2.45) is 0 Å². The Labute approximate surface area is 120 Å². The summed E-state index contributed by atoms with van der Waals surface area (Å²) in [6.45, 7) is 0. The van der Waals surface area contributed by atoms with E-state index in [0.29, 0.717) is 4.88 Å². The number of benzene rings is 2. The minimum atomic E-state index is -0.616. The average molecular weight is 287 g/mol. The quantitative estimate of drug-likeness (QED) is 0.485. The van der Waals surface area contributed by atoms with Gasteiger partial charge in [0.2, 0.25) is 0 Å². The number of fused-ring (bicyclic) bond motifs is 1. The number of hydrogen-bond donors (Lipinski definition) is 0. The zero-order valence-corrected chi connectivity index (χ0v) is 11.6. The van der Waals surface area contributed by atoms with E-state index in [1.54, 1.807) is 0 Å². The summed E-state index contributed by atoms with van der Waals surface area (Å²) < 4.78 is 1.11. The fraction of sp³-hybridized carbons (Fsp3) is 0.0625. The summed E-state index contributed by atoms with van der Waals surface area (Å²) in [4.78, 5) is 13.1. The van der Waals surface area contributed by atoms with Crippen LogP contribution < -0.4 is 0 Å². The van der Waals surface area contributed by atoms with Crippen molar-refractivity contribution in [2.75, 3.05) is 0 Å². The maximum Gasteiger partial charge on any atom is 0.195 e. The monoisotopic (exact) mass is 286 g/mol. The second kappa shape index (κ2) is 5.16. The lowest BCUT2D eigenvalue weighted by atomic mass is 10.1. The Kier molecular flexibility index (Phi) is 3.36. The Bertz CT molecular complexity index is 685. The van der Waals surface area contributed by atoms with Crippen LogP contribution in [0.25, 0.3) is 10.1 Å². The van der Waals surface area contributed by atoms with E-state index in [0.717, 1.165) is 15.6 Å². The van der Waals surface area contributed by atoms with Gasteiger partial charge in [0.05, 0.1) is 4.88 Å². The maximum atomic E-state index is 12.4. The van der Waals surface area contributed by atoms with Gasteiger partial charge in [-0.2, -0.15) is 0 Å². The lowest BCUT2D eigenvalue weighted by Crippen LogP contribution is -2.05. The molecule has 1 aromatic heterocycles. The Hall–Kier alpha value is -1.64. The third kappa shape index (κ3) is 2.42. The van der Waals surface area contributed by atoms with E-state index in [9.17, 15) is 4.79 Å². The molecule has 0 N–H and O–H groups in total. The van der Waals surface area contributed by atoms with Crippen molar-refractivity contribution in [1.82, 2.24) is 0 Å². The molecule has 1 heterocycles. The van der Waals surface area contributed by atoms with E-state index in [1.165, 1.54) is 11.3 Å². The first-order valence-electron chi connectivity index (χ1n) is 5.97. The van der Waals surface area contributed by atoms with Crippen molar-refractivity contribution in [3.8, 4) is 0 Å². The van der Waals surface area contributed by atoms with Gasteiger partial charge in [-0.05, 0) is 23.1 Å². The molecule has 0 aliphatic heterocycles. The summed E-state index contributed by atoms with van der Waals surface area (Å²) in [7, 11) is 0. The molecule has 0 bridgehead atoms. The summed E-state index contributed by atoms with van der Waals surface area (Å²) in [5, 5.41) is 0.474. The molecular weight excluding hydrogens is 276 g/mol. The van der Waals surface area contributed by atoms with Gasteiger partial charge in [0.15, 0.2) is 5.78 Å². The zero-order chi connectivity index (χ0) is 13.2. The fourth-order valence-electron chi connectivity index (χ4n) is 2.00. The highest BCUT2D eigenvalue weighted by atomic mass is 35.5. The molecule has 0 radical (unpaired) electrons. The van der Waals surface area contributed by atoms with Gasteiger partial charge in [-0.3, -0.25) is 4.79 Å². The summed E-state index contributed by atoms with van der Waals surface area (Å²) in [6.07, 6.45) is 0. The predicted octanol–water partition coefficient (Wildman–Crippen LogP) is 5.06. The summed E-state index contributed by atoms with van der Waals surface area (Å²) in [6, 6.07) is 19.3.